The first kappa shape index (κ1) is 16.6. The Hall–Kier alpha value is -2.24. The summed E-state index contributed by atoms with van der Waals surface area (Å²) >= 11 is 0. The molecule has 2 aromatic rings. The number of nitrogens with zero attached hydrogens (tertiary/aromatic N) is 1. The van der Waals surface area contributed by atoms with Crippen LogP contribution in [0.15, 0.2) is 42.5 Å². The second-order valence-electron chi connectivity index (χ2n) is 6.12. The minimum Gasteiger partial charge on any atom is -0.394 e. The highest BCUT2D eigenvalue weighted by molar-refractivity contribution is 5.92. The van der Waals surface area contributed by atoms with Crippen LogP contribution in [0.4, 0.5) is 0 Å². The van der Waals surface area contributed by atoms with Crippen molar-refractivity contribution in [2.75, 3.05) is 19.8 Å². The molecule has 126 valence electrons. The molecule has 1 amide bonds. The van der Waals surface area contributed by atoms with Gasteiger partial charge in [-0.05, 0) is 37.0 Å². The fourth-order valence-corrected chi connectivity index (χ4v) is 2.94. The van der Waals surface area contributed by atoms with Gasteiger partial charge < -0.3 is 15.2 Å². The van der Waals surface area contributed by atoms with Crippen molar-refractivity contribution in [1.82, 2.24) is 10.3 Å². The van der Waals surface area contributed by atoms with Gasteiger partial charge in [-0.15, -0.1) is 0 Å². The van der Waals surface area contributed by atoms with E-state index in [2.05, 4.69) is 10.3 Å². The fraction of sp³-hybridized carbons (Fsp3) is 0.368. The molecule has 5 heteroatoms. The maximum absolute atomic E-state index is 12.1. The van der Waals surface area contributed by atoms with E-state index in [0.29, 0.717) is 12.5 Å². The molecule has 0 bridgehead atoms. The molecule has 0 radical (unpaired) electrons. The molecule has 1 aliphatic rings. The van der Waals surface area contributed by atoms with Crippen molar-refractivity contribution in [2.45, 2.75) is 18.9 Å². The van der Waals surface area contributed by atoms with Crippen LogP contribution in [0.5, 0.6) is 0 Å². The van der Waals surface area contributed by atoms with Crippen LogP contribution in [0, 0.1) is 5.92 Å². The molecule has 0 aliphatic carbocycles. The number of carbonyl (C=O) groups excluding carboxylic acids is 1. The lowest BCUT2D eigenvalue weighted by atomic mass is 9.99. The number of hydrogen-bond donors (Lipinski definition) is 2. The van der Waals surface area contributed by atoms with Crippen molar-refractivity contribution in [3.8, 4) is 0 Å². The Labute approximate surface area is 141 Å². The van der Waals surface area contributed by atoms with Crippen LogP contribution in [0.2, 0.25) is 0 Å². The maximum atomic E-state index is 12.1. The topological polar surface area (TPSA) is 71.5 Å². The fourth-order valence-electron chi connectivity index (χ4n) is 2.94. The highest BCUT2D eigenvalue weighted by atomic mass is 16.5. The monoisotopic (exact) mass is 326 g/mol. The number of aliphatic hydroxyl groups excluding tert-OH is 1. The minimum atomic E-state index is -0.238. The quantitative estimate of drug-likeness (QED) is 0.798. The summed E-state index contributed by atoms with van der Waals surface area (Å²) in [5.41, 5.74) is 1.63. The van der Waals surface area contributed by atoms with Gasteiger partial charge in [-0.2, -0.15) is 0 Å². The second kappa shape index (κ2) is 8.04. The Morgan fingerprint density at radius 3 is 3.04 bits per heavy atom. The summed E-state index contributed by atoms with van der Waals surface area (Å²) in [4.78, 5) is 16.6. The van der Waals surface area contributed by atoms with Crippen molar-refractivity contribution in [3.05, 3.63) is 48.2 Å². The van der Waals surface area contributed by atoms with E-state index in [1.165, 1.54) is 6.08 Å². The molecular weight excluding hydrogens is 304 g/mol. The van der Waals surface area contributed by atoms with Gasteiger partial charge in [-0.1, -0.05) is 24.3 Å². The Kier molecular flexibility index (Phi) is 5.56. The van der Waals surface area contributed by atoms with Crippen LogP contribution < -0.4 is 5.32 Å². The Bertz CT molecular complexity index is 723. The molecule has 2 heterocycles. The average Bonchev–Trinajstić information content (AvgIpc) is 3.12. The maximum Gasteiger partial charge on any atom is 0.244 e. The molecule has 0 spiro atoms. The number of para-hydroxylation sites is 1. The summed E-state index contributed by atoms with van der Waals surface area (Å²) < 4.78 is 5.33. The van der Waals surface area contributed by atoms with Crippen LogP contribution in [-0.2, 0) is 9.53 Å². The number of aromatic nitrogens is 1. The minimum absolute atomic E-state index is 0.0652. The van der Waals surface area contributed by atoms with E-state index in [1.807, 2.05) is 36.4 Å². The van der Waals surface area contributed by atoms with Gasteiger partial charge in [0.2, 0.25) is 5.91 Å². The Balaban J connectivity index is 1.58. The van der Waals surface area contributed by atoms with Crippen molar-refractivity contribution >= 4 is 22.9 Å². The molecule has 2 N–H and O–H groups in total. The van der Waals surface area contributed by atoms with Crippen molar-refractivity contribution in [3.63, 3.8) is 0 Å². The van der Waals surface area contributed by atoms with E-state index >= 15 is 0 Å². The third-order valence-corrected chi connectivity index (χ3v) is 4.23. The Morgan fingerprint density at radius 1 is 1.38 bits per heavy atom. The number of rotatable bonds is 6. The third kappa shape index (κ3) is 4.40. The van der Waals surface area contributed by atoms with E-state index in [1.54, 1.807) is 6.08 Å². The Morgan fingerprint density at radius 2 is 2.25 bits per heavy atom. The molecule has 1 saturated heterocycles. The third-order valence-electron chi connectivity index (χ3n) is 4.23. The number of amides is 1. The number of fused-ring (bicyclic) bond motifs is 1. The lowest BCUT2D eigenvalue weighted by Crippen LogP contribution is -2.38. The molecule has 24 heavy (non-hydrogen) atoms. The zero-order chi connectivity index (χ0) is 16.8. The van der Waals surface area contributed by atoms with Crippen LogP contribution in [0.3, 0.4) is 0 Å². The zero-order valence-corrected chi connectivity index (χ0v) is 13.5. The molecule has 1 aliphatic heterocycles. The van der Waals surface area contributed by atoms with E-state index in [-0.39, 0.29) is 18.6 Å². The van der Waals surface area contributed by atoms with E-state index in [4.69, 9.17) is 4.74 Å². The lowest BCUT2D eigenvalue weighted by Gasteiger charge is -2.18. The zero-order valence-electron chi connectivity index (χ0n) is 13.5. The molecule has 5 nitrogen and oxygen atoms in total. The first-order valence-electron chi connectivity index (χ1n) is 8.27. The van der Waals surface area contributed by atoms with Gasteiger partial charge >= 0.3 is 0 Å². The molecule has 2 atom stereocenters. The normalized spacial score (nSPS) is 19.0. The van der Waals surface area contributed by atoms with Crippen LogP contribution in [0.25, 0.3) is 17.0 Å². The van der Waals surface area contributed by atoms with Crippen LogP contribution in [0.1, 0.15) is 18.5 Å². The van der Waals surface area contributed by atoms with Gasteiger partial charge in [0.05, 0.1) is 23.9 Å². The van der Waals surface area contributed by atoms with Crippen molar-refractivity contribution in [1.29, 1.82) is 0 Å². The number of ether oxygens (including phenoxy) is 1. The number of nitrogens with one attached hydrogen (secondary N) is 1. The van der Waals surface area contributed by atoms with Gasteiger partial charge in [0, 0.05) is 24.7 Å². The summed E-state index contributed by atoms with van der Waals surface area (Å²) in [6, 6.07) is 11.5. The van der Waals surface area contributed by atoms with E-state index in [9.17, 15) is 9.90 Å². The molecule has 1 aromatic carbocycles. The van der Waals surface area contributed by atoms with Gasteiger partial charge in [0.25, 0.3) is 0 Å². The molecular formula is C19H22N2O3. The summed E-state index contributed by atoms with van der Waals surface area (Å²) in [7, 11) is 0. The molecule has 0 saturated carbocycles. The highest BCUT2D eigenvalue weighted by Gasteiger charge is 2.21. The molecule has 3 rings (SSSR count). The summed E-state index contributed by atoms with van der Waals surface area (Å²) in [5, 5.41) is 13.4. The van der Waals surface area contributed by atoms with Gasteiger partial charge in [-0.25, -0.2) is 4.98 Å². The molecule has 1 aromatic heterocycles. The predicted molar refractivity (Wildman–Crippen MR) is 93.3 cm³/mol. The van der Waals surface area contributed by atoms with Crippen molar-refractivity contribution in [2.24, 2.45) is 5.92 Å². The second-order valence-corrected chi connectivity index (χ2v) is 6.12. The number of carbonyl (C=O) groups is 1. The first-order chi connectivity index (χ1) is 11.7. The predicted octanol–water partition coefficient (Wildman–Crippen LogP) is 2.15. The van der Waals surface area contributed by atoms with Crippen molar-refractivity contribution < 1.29 is 14.6 Å². The first-order valence-corrected chi connectivity index (χ1v) is 8.27. The number of pyridine rings is 1. The van der Waals surface area contributed by atoms with E-state index < -0.39 is 0 Å². The number of aliphatic hydroxyl groups is 1. The van der Waals surface area contributed by atoms with Gasteiger partial charge in [0.1, 0.15) is 0 Å². The molecule has 1 fully saturated rings. The largest absolute Gasteiger partial charge is 0.394 e. The summed E-state index contributed by atoms with van der Waals surface area (Å²) in [5.74, 6) is 0.191. The smallest absolute Gasteiger partial charge is 0.244 e. The highest BCUT2D eigenvalue weighted by Crippen LogP contribution is 2.18. The van der Waals surface area contributed by atoms with Crippen LogP contribution >= 0.6 is 0 Å². The SMILES string of the molecule is O=C(/C=C/c1ccc2ccccc2n1)NC(CO)CC1CCOC1. The summed E-state index contributed by atoms with van der Waals surface area (Å²) in [6.45, 7) is 1.41. The standard InChI is InChI=1S/C19H22N2O3/c22-12-17(11-14-9-10-24-13-14)21-19(23)8-7-16-6-5-15-3-1-2-4-18(15)20-16/h1-8,14,17,22H,9-13H2,(H,21,23)/b8-7+. The van der Waals surface area contributed by atoms with Gasteiger partial charge in [0.15, 0.2) is 0 Å². The van der Waals surface area contributed by atoms with Crippen LogP contribution in [-0.4, -0.2) is 41.9 Å². The van der Waals surface area contributed by atoms with Gasteiger partial charge in [-0.3, -0.25) is 4.79 Å². The average molecular weight is 326 g/mol. The molecule has 2 unspecified atom stereocenters. The lowest BCUT2D eigenvalue weighted by molar-refractivity contribution is -0.117. The summed E-state index contributed by atoms with van der Waals surface area (Å²) in [6.07, 6.45) is 4.88. The van der Waals surface area contributed by atoms with E-state index in [0.717, 1.165) is 36.0 Å². The number of hydrogen-bond acceptors (Lipinski definition) is 4. The number of benzene rings is 1.